The number of hydrogen-bond donors (Lipinski definition) is 1. The molecule has 0 aromatic heterocycles. The standard InChI is InChI=1S/C14H11Cl2NO2/c15-12-2-1-3-13(16)11(12)8-14(18)19-10-6-4-9(17)5-7-10/h1-7H,8,17H2. The second-order valence-corrected chi connectivity index (χ2v) is 4.73. The van der Waals surface area contributed by atoms with Crippen LogP contribution in [0.5, 0.6) is 5.75 Å². The molecular formula is C14H11Cl2NO2. The van der Waals surface area contributed by atoms with Crippen molar-refractivity contribution in [1.29, 1.82) is 0 Å². The molecule has 0 spiro atoms. The Bertz CT molecular complexity index is 577. The van der Waals surface area contributed by atoms with Gasteiger partial charge in [0.15, 0.2) is 0 Å². The van der Waals surface area contributed by atoms with Gasteiger partial charge in [-0.25, -0.2) is 0 Å². The fourth-order valence-corrected chi connectivity index (χ4v) is 2.08. The zero-order valence-corrected chi connectivity index (χ0v) is 11.4. The topological polar surface area (TPSA) is 52.3 Å². The molecule has 0 unspecified atom stereocenters. The van der Waals surface area contributed by atoms with Gasteiger partial charge in [-0.3, -0.25) is 4.79 Å². The van der Waals surface area contributed by atoms with Crippen LogP contribution in [0.15, 0.2) is 42.5 Å². The smallest absolute Gasteiger partial charge is 0.315 e. The molecular weight excluding hydrogens is 285 g/mol. The summed E-state index contributed by atoms with van der Waals surface area (Å²) in [5.41, 5.74) is 6.71. The molecule has 2 N–H and O–H groups in total. The highest BCUT2D eigenvalue weighted by Gasteiger charge is 2.12. The molecule has 0 amide bonds. The lowest BCUT2D eigenvalue weighted by molar-refractivity contribution is -0.133. The third kappa shape index (κ3) is 3.63. The number of esters is 1. The molecule has 0 saturated heterocycles. The number of ether oxygens (including phenoxy) is 1. The van der Waals surface area contributed by atoms with Gasteiger partial charge in [-0.05, 0) is 36.4 Å². The van der Waals surface area contributed by atoms with Crippen molar-refractivity contribution >= 4 is 34.9 Å². The Morgan fingerprint density at radius 1 is 1.05 bits per heavy atom. The van der Waals surface area contributed by atoms with Crippen molar-refractivity contribution in [3.05, 3.63) is 58.1 Å². The Kier molecular flexibility index (Phi) is 4.30. The zero-order chi connectivity index (χ0) is 13.8. The first-order valence-corrected chi connectivity index (χ1v) is 6.31. The van der Waals surface area contributed by atoms with E-state index in [0.29, 0.717) is 27.0 Å². The predicted octanol–water partition coefficient (Wildman–Crippen LogP) is 3.72. The molecule has 0 atom stereocenters. The highest BCUT2D eigenvalue weighted by molar-refractivity contribution is 6.36. The molecule has 5 heteroatoms. The van der Waals surface area contributed by atoms with Crippen molar-refractivity contribution < 1.29 is 9.53 Å². The van der Waals surface area contributed by atoms with Crippen LogP contribution >= 0.6 is 23.2 Å². The Morgan fingerprint density at radius 2 is 1.63 bits per heavy atom. The van der Waals surface area contributed by atoms with E-state index in [0.717, 1.165) is 0 Å². The van der Waals surface area contributed by atoms with E-state index in [2.05, 4.69) is 0 Å². The molecule has 0 radical (unpaired) electrons. The molecule has 2 rings (SSSR count). The number of anilines is 1. The molecule has 0 aliphatic heterocycles. The first-order valence-electron chi connectivity index (χ1n) is 5.55. The minimum atomic E-state index is -0.431. The van der Waals surface area contributed by atoms with Gasteiger partial charge in [0.2, 0.25) is 0 Å². The van der Waals surface area contributed by atoms with Crippen LogP contribution in [0, 0.1) is 0 Å². The number of carbonyl (C=O) groups is 1. The Labute approximate surface area is 120 Å². The highest BCUT2D eigenvalue weighted by atomic mass is 35.5. The van der Waals surface area contributed by atoms with Crippen molar-refractivity contribution in [3.63, 3.8) is 0 Å². The SMILES string of the molecule is Nc1ccc(OC(=O)Cc2c(Cl)cccc2Cl)cc1. The summed E-state index contributed by atoms with van der Waals surface area (Å²) in [7, 11) is 0. The first-order chi connectivity index (χ1) is 9.06. The average molecular weight is 296 g/mol. The molecule has 0 saturated carbocycles. The molecule has 3 nitrogen and oxygen atoms in total. The van der Waals surface area contributed by atoms with Gasteiger partial charge in [0, 0.05) is 21.3 Å². The highest BCUT2D eigenvalue weighted by Crippen LogP contribution is 2.25. The molecule has 0 heterocycles. The monoisotopic (exact) mass is 295 g/mol. The van der Waals surface area contributed by atoms with E-state index in [9.17, 15) is 4.79 Å². The molecule has 98 valence electrons. The van der Waals surface area contributed by atoms with Crippen molar-refractivity contribution in [2.45, 2.75) is 6.42 Å². The summed E-state index contributed by atoms with van der Waals surface area (Å²) in [6.45, 7) is 0. The Balaban J connectivity index is 2.07. The van der Waals surface area contributed by atoms with E-state index in [1.165, 1.54) is 0 Å². The fraction of sp³-hybridized carbons (Fsp3) is 0.0714. The summed E-state index contributed by atoms with van der Waals surface area (Å²) < 4.78 is 5.17. The van der Waals surface area contributed by atoms with Gasteiger partial charge in [0.25, 0.3) is 0 Å². The molecule has 0 aliphatic carbocycles. The van der Waals surface area contributed by atoms with Crippen LogP contribution in [0.4, 0.5) is 5.69 Å². The van der Waals surface area contributed by atoms with E-state index >= 15 is 0 Å². The molecule has 0 fully saturated rings. The van der Waals surface area contributed by atoms with Crippen LogP contribution in [-0.4, -0.2) is 5.97 Å². The quantitative estimate of drug-likeness (QED) is 0.533. The van der Waals surface area contributed by atoms with Crippen LogP contribution < -0.4 is 10.5 Å². The molecule has 2 aromatic rings. The molecule has 19 heavy (non-hydrogen) atoms. The summed E-state index contributed by atoms with van der Waals surface area (Å²) in [4.78, 5) is 11.8. The van der Waals surface area contributed by atoms with E-state index in [4.69, 9.17) is 33.7 Å². The molecule has 0 bridgehead atoms. The minimum Gasteiger partial charge on any atom is -0.426 e. The number of nitrogen functional groups attached to an aromatic ring is 1. The van der Waals surface area contributed by atoms with E-state index in [1.807, 2.05) is 0 Å². The van der Waals surface area contributed by atoms with Crippen molar-refractivity contribution in [2.24, 2.45) is 0 Å². The summed E-state index contributed by atoms with van der Waals surface area (Å²) in [6.07, 6.45) is 0.0167. The van der Waals surface area contributed by atoms with Gasteiger partial charge >= 0.3 is 5.97 Å². The van der Waals surface area contributed by atoms with Crippen molar-refractivity contribution in [3.8, 4) is 5.75 Å². The maximum atomic E-state index is 11.8. The van der Waals surface area contributed by atoms with Gasteiger partial charge < -0.3 is 10.5 Å². The number of nitrogens with two attached hydrogens (primary N) is 1. The van der Waals surface area contributed by atoms with Crippen molar-refractivity contribution in [1.82, 2.24) is 0 Å². The van der Waals surface area contributed by atoms with Gasteiger partial charge in [-0.15, -0.1) is 0 Å². The Morgan fingerprint density at radius 3 is 2.21 bits per heavy atom. The lowest BCUT2D eigenvalue weighted by Crippen LogP contribution is -2.11. The van der Waals surface area contributed by atoms with Gasteiger partial charge in [0.1, 0.15) is 5.75 Å². The third-order valence-electron chi connectivity index (χ3n) is 2.49. The summed E-state index contributed by atoms with van der Waals surface area (Å²) in [5.74, 6) is 0.00199. The van der Waals surface area contributed by atoms with Crippen LogP contribution in [0.1, 0.15) is 5.56 Å². The minimum absolute atomic E-state index is 0.0167. The van der Waals surface area contributed by atoms with Gasteiger partial charge in [0.05, 0.1) is 6.42 Å². The lowest BCUT2D eigenvalue weighted by atomic mass is 10.1. The number of carbonyl (C=O) groups excluding carboxylic acids is 1. The summed E-state index contributed by atoms with van der Waals surface area (Å²) in [6, 6.07) is 11.6. The third-order valence-corrected chi connectivity index (χ3v) is 3.20. The predicted molar refractivity (Wildman–Crippen MR) is 76.7 cm³/mol. The Hall–Kier alpha value is -1.71. The van der Waals surface area contributed by atoms with Gasteiger partial charge in [-0.1, -0.05) is 29.3 Å². The van der Waals surface area contributed by atoms with Crippen LogP contribution in [-0.2, 0) is 11.2 Å². The number of rotatable bonds is 3. The van der Waals surface area contributed by atoms with Crippen LogP contribution in [0.2, 0.25) is 10.0 Å². The summed E-state index contributed by atoms with van der Waals surface area (Å²) in [5, 5.41) is 0.892. The number of benzene rings is 2. The number of halogens is 2. The van der Waals surface area contributed by atoms with Crippen LogP contribution in [0.3, 0.4) is 0 Å². The van der Waals surface area contributed by atoms with Crippen molar-refractivity contribution in [2.75, 3.05) is 5.73 Å². The second kappa shape index (κ2) is 5.95. The van der Waals surface area contributed by atoms with E-state index in [-0.39, 0.29) is 6.42 Å². The maximum Gasteiger partial charge on any atom is 0.315 e. The first kappa shape index (κ1) is 13.7. The fourth-order valence-electron chi connectivity index (χ4n) is 1.55. The lowest BCUT2D eigenvalue weighted by Gasteiger charge is -2.07. The zero-order valence-electron chi connectivity index (χ0n) is 9.90. The molecule has 0 aliphatic rings. The second-order valence-electron chi connectivity index (χ2n) is 3.92. The van der Waals surface area contributed by atoms with Gasteiger partial charge in [-0.2, -0.15) is 0 Å². The normalized spacial score (nSPS) is 10.2. The van der Waals surface area contributed by atoms with E-state index in [1.54, 1.807) is 42.5 Å². The largest absolute Gasteiger partial charge is 0.426 e. The average Bonchev–Trinajstić information content (AvgIpc) is 2.37. The maximum absolute atomic E-state index is 11.8. The molecule has 2 aromatic carbocycles. The van der Waals surface area contributed by atoms with E-state index < -0.39 is 5.97 Å². The van der Waals surface area contributed by atoms with Crippen LogP contribution in [0.25, 0.3) is 0 Å². The summed E-state index contributed by atoms with van der Waals surface area (Å²) >= 11 is 12.0. The number of hydrogen-bond acceptors (Lipinski definition) is 3.